The molecule has 1 unspecified atom stereocenters. The number of nitrogens with zero attached hydrogens (tertiary/aromatic N) is 2. The molecule has 1 fully saturated rings. The highest BCUT2D eigenvalue weighted by Gasteiger charge is 2.26. The molecule has 132 valence electrons. The summed E-state index contributed by atoms with van der Waals surface area (Å²) in [6, 6.07) is 0. The molecule has 1 aliphatic rings. The minimum atomic E-state index is -0.936. The SMILES string of the molecule is CCCN(CCC)C(=O)CCC(=O)N1CCOC(CC(=O)O)C1. The molecule has 1 N–H and O–H groups in total. The third-order valence-corrected chi connectivity index (χ3v) is 3.79. The van der Waals surface area contributed by atoms with E-state index in [1.807, 2.05) is 13.8 Å². The van der Waals surface area contributed by atoms with Gasteiger partial charge in [0.05, 0.1) is 19.1 Å². The zero-order chi connectivity index (χ0) is 17.2. The highest BCUT2D eigenvalue weighted by atomic mass is 16.5. The molecular weight excluding hydrogens is 300 g/mol. The maximum atomic E-state index is 12.2. The molecule has 0 saturated carbocycles. The van der Waals surface area contributed by atoms with Gasteiger partial charge in [-0.3, -0.25) is 14.4 Å². The number of carbonyl (C=O) groups excluding carboxylic acids is 2. The van der Waals surface area contributed by atoms with E-state index >= 15 is 0 Å². The van der Waals surface area contributed by atoms with Crippen molar-refractivity contribution < 1.29 is 24.2 Å². The van der Waals surface area contributed by atoms with Gasteiger partial charge in [0.2, 0.25) is 11.8 Å². The maximum Gasteiger partial charge on any atom is 0.306 e. The van der Waals surface area contributed by atoms with Gasteiger partial charge < -0.3 is 19.6 Å². The molecule has 7 nitrogen and oxygen atoms in total. The summed E-state index contributed by atoms with van der Waals surface area (Å²) < 4.78 is 5.35. The van der Waals surface area contributed by atoms with Crippen molar-refractivity contribution in [2.45, 2.75) is 52.1 Å². The minimum absolute atomic E-state index is 0.0115. The second kappa shape index (κ2) is 10.2. The summed E-state index contributed by atoms with van der Waals surface area (Å²) in [7, 11) is 0. The van der Waals surface area contributed by atoms with Gasteiger partial charge in [-0.1, -0.05) is 13.8 Å². The Kier molecular flexibility index (Phi) is 8.61. The first-order chi connectivity index (χ1) is 11.0. The number of hydrogen-bond donors (Lipinski definition) is 1. The molecule has 1 heterocycles. The molecule has 0 bridgehead atoms. The fourth-order valence-corrected chi connectivity index (χ4v) is 2.70. The molecular formula is C16H28N2O5. The molecule has 1 saturated heterocycles. The lowest BCUT2D eigenvalue weighted by Gasteiger charge is -2.32. The number of amides is 2. The molecule has 1 aliphatic heterocycles. The lowest BCUT2D eigenvalue weighted by atomic mass is 10.1. The topological polar surface area (TPSA) is 87.2 Å². The Labute approximate surface area is 137 Å². The van der Waals surface area contributed by atoms with Crippen molar-refractivity contribution in [2.75, 3.05) is 32.8 Å². The molecule has 1 atom stereocenters. The van der Waals surface area contributed by atoms with Crippen LogP contribution in [-0.2, 0) is 19.1 Å². The molecule has 0 aliphatic carbocycles. The number of carbonyl (C=O) groups is 3. The standard InChI is InChI=1S/C16H28N2O5/c1-3-7-17(8-4-2)14(19)5-6-15(20)18-9-10-23-13(12-18)11-16(21)22/h13H,3-12H2,1-2H3,(H,21,22). The average Bonchev–Trinajstić information content (AvgIpc) is 2.51. The van der Waals surface area contributed by atoms with E-state index in [9.17, 15) is 14.4 Å². The maximum absolute atomic E-state index is 12.2. The highest BCUT2D eigenvalue weighted by molar-refractivity contribution is 5.84. The summed E-state index contributed by atoms with van der Waals surface area (Å²) >= 11 is 0. The summed E-state index contributed by atoms with van der Waals surface area (Å²) in [5.74, 6) is -1.03. The first kappa shape index (κ1) is 19.4. The Morgan fingerprint density at radius 2 is 1.83 bits per heavy atom. The second-order valence-corrected chi connectivity index (χ2v) is 5.81. The first-order valence-corrected chi connectivity index (χ1v) is 8.36. The number of ether oxygens (including phenoxy) is 1. The zero-order valence-corrected chi connectivity index (χ0v) is 14.1. The Morgan fingerprint density at radius 1 is 1.17 bits per heavy atom. The Bertz CT molecular complexity index is 407. The van der Waals surface area contributed by atoms with E-state index in [0.29, 0.717) is 13.2 Å². The average molecular weight is 328 g/mol. The first-order valence-electron chi connectivity index (χ1n) is 8.36. The monoisotopic (exact) mass is 328 g/mol. The van der Waals surface area contributed by atoms with Gasteiger partial charge in [0.1, 0.15) is 0 Å². The van der Waals surface area contributed by atoms with Crippen LogP contribution in [0.3, 0.4) is 0 Å². The summed E-state index contributed by atoms with van der Waals surface area (Å²) in [6.07, 6.45) is 1.61. The van der Waals surface area contributed by atoms with Crippen LogP contribution in [0.4, 0.5) is 0 Å². The van der Waals surface area contributed by atoms with Crippen LogP contribution in [0.25, 0.3) is 0 Å². The molecule has 0 aromatic rings. The van der Waals surface area contributed by atoms with Crippen LogP contribution in [-0.4, -0.2) is 71.6 Å². The third-order valence-electron chi connectivity index (χ3n) is 3.79. The van der Waals surface area contributed by atoms with Crippen LogP contribution in [0.1, 0.15) is 46.0 Å². The lowest BCUT2D eigenvalue weighted by molar-refractivity contribution is -0.148. The second-order valence-electron chi connectivity index (χ2n) is 5.81. The van der Waals surface area contributed by atoms with Crippen molar-refractivity contribution in [3.05, 3.63) is 0 Å². The van der Waals surface area contributed by atoms with E-state index in [1.165, 1.54) is 0 Å². The fourth-order valence-electron chi connectivity index (χ4n) is 2.70. The number of rotatable bonds is 9. The Balaban J connectivity index is 2.42. The van der Waals surface area contributed by atoms with Crippen LogP contribution < -0.4 is 0 Å². The van der Waals surface area contributed by atoms with Crippen LogP contribution in [0, 0.1) is 0 Å². The van der Waals surface area contributed by atoms with Crippen molar-refractivity contribution in [1.82, 2.24) is 9.80 Å². The Morgan fingerprint density at radius 3 is 2.39 bits per heavy atom. The summed E-state index contributed by atoms with van der Waals surface area (Å²) in [5, 5.41) is 8.80. The molecule has 0 aromatic carbocycles. The van der Waals surface area contributed by atoms with Crippen LogP contribution >= 0.6 is 0 Å². The number of morpholine rings is 1. The van der Waals surface area contributed by atoms with Crippen LogP contribution in [0.5, 0.6) is 0 Å². The number of aliphatic carboxylic acids is 1. The van der Waals surface area contributed by atoms with Gasteiger partial charge in [-0.15, -0.1) is 0 Å². The number of carboxylic acids is 1. The normalized spacial score (nSPS) is 17.8. The van der Waals surface area contributed by atoms with Crippen molar-refractivity contribution in [3.63, 3.8) is 0 Å². The van der Waals surface area contributed by atoms with Gasteiger partial charge in [-0.25, -0.2) is 0 Å². The van der Waals surface area contributed by atoms with Gasteiger partial charge in [-0.05, 0) is 12.8 Å². The van der Waals surface area contributed by atoms with E-state index in [4.69, 9.17) is 9.84 Å². The van der Waals surface area contributed by atoms with Crippen LogP contribution in [0.15, 0.2) is 0 Å². The number of carboxylic acid groups (broad SMARTS) is 1. The van der Waals surface area contributed by atoms with Gasteiger partial charge >= 0.3 is 5.97 Å². The Hall–Kier alpha value is -1.63. The quantitative estimate of drug-likeness (QED) is 0.685. The summed E-state index contributed by atoms with van der Waals surface area (Å²) in [5.41, 5.74) is 0. The van der Waals surface area contributed by atoms with Crippen molar-refractivity contribution in [1.29, 1.82) is 0 Å². The van der Waals surface area contributed by atoms with Crippen molar-refractivity contribution >= 4 is 17.8 Å². The minimum Gasteiger partial charge on any atom is -0.481 e. The molecule has 0 radical (unpaired) electrons. The highest BCUT2D eigenvalue weighted by Crippen LogP contribution is 2.11. The summed E-state index contributed by atoms with van der Waals surface area (Å²) in [6.45, 7) is 6.58. The largest absolute Gasteiger partial charge is 0.481 e. The van der Waals surface area contributed by atoms with Crippen LogP contribution in [0.2, 0.25) is 0 Å². The van der Waals surface area contributed by atoms with E-state index < -0.39 is 12.1 Å². The predicted molar refractivity (Wildman–Crippen MR) is 85.0 cm³/mol. The fraction of sp³-hybridized carbons (Fsp3) is 0.812. The van der Waals surface area contributed by atoms with E-state index in [1.54, 1.807) is 9.80 Å². The molecule has 0 aromatic heterocycles. The number of hydrogen-bond acceptors (Lipinski definition) is 4. The molecule has 0 spiro atoms. The molecule has 23 heavy (non-hydrogen) atoms. The van der Waals surface area contributed by atoms with E-state index in [0.717, 1.165) is 25.9 Å². The summed E-state index contributed by atoms with van der Waals surface area (Å²) in [4.78, 5) is 38.5. The molecule has 2 amide bonds. The van der Waals surface area contributed by atoms with Gasteiger partial charge in [0, 0.05) is 39.0 Å². The van der Waals surface area contributed by atoms with Gasteiger partial charge in [0.15, 0.2) is 0 Å². The third kappa shape index (κ3) is 6.99. The van der Waals surface area contributed by atoms with E-state index in [-0.39, 0.29) is 37.6 Å². The predicted octanol–water partition coefficient (Wildman–Crippen LogP) is 1.12. The van der Waals surface area contributed by atoms with Crippen molar-refractivity contribution in [3.8, 4) is 0 Å². The van der Waals surface area contributed by atoms with E-state index in [2.05, 4.69) is 0 Å². The van der Waals surface area contributed by atoms with Gasteiger partial charge in [-0.2, -0.15) is 0 Å². The van der Waals surface area contributed by atoms with Crippen molar-refractivity contribution in [2.24, 2.45) is 0 Å². The molecule has 7 heteroatoms. The zero-order valence-electron chi connectivity index (χ0n) is 14.1. The van der Waals surface area contributed by atoms with Gasteiger partial charge in [0.25, 0.3) is 0 Å². The smallest absolute Gasteiger partial charge is 0.306 e. The lowest BCUT2D eigenvalue weighted by Crippen LogP contribution is -2.46. The molecule has 1 rings (SSSR count).